The molecule has 224 valence electrons. The van der Waals surface area contributed by atoms with E-state index in [1.807, 2.05) is 72.8 Å². The first-order valence-electron chi connectivity index (χ1n) is 21.7. The summed E-state index contributed by atoms with van der Waals surface area (Å²) in [5, 5.41) is 0.190. The van der Waals surface area contributed by atoms with Crippen LogP contribution >= 0.6 is 0 Å². The van der Waals surface area contributed by atoms with Crippen molar-refractivity contribution in [2.24, 2.45) is 0 Å². The van der Waals surface area contributed by atoms with Gasteiger partial charge < -0.3 is 0 Å². The molecule has 0 saturated carbocycles. The van der Waals surface area contributed by atoms with Gasteiger partial charge in [-0.3, -0.25) is 0 Å². The molecule has 8 aromatic carbocycles. The maximum absolute atomic E-state index is 9.50. The molecule has 0 amide bonds. The molecule has 0 fully saturated rings. The molecule has 1 aromatic heterocycles. The van der Waals surface area contributed by atoms with E-state index in [1.54, 1.807) is 24.3 Å². The Kier molecular flexibility index (Phi) is 4.27. The van der Waals surface area contributed by atoms with Crippen molar-refractivity contribution in [1.29, 1.82) is 0 Å². The van der Waals surface area contributed by atoms with Crippen molar-refractivity contribution in [1.82, 2.24) is 15.0 Å². The van der Waals surface area contributed by atoms with Crippen molar-refractivity contribution in [3.63, 3.8) is 0 Å². The Morgan fingerprint density at radius 2 is 0.917 bits per heavy atom. The zero-order chi connectivity index (χ0) is 43.2. The maximum Gasteiger partial charge on any atom is 0.164 e. The molecule has 3 nitrogen and oxygen atoms in total. The number of rotatable bonds is 5. The highest BCUT2D eigenvalue weighted by Gasteiger charge is 2.16. The number of aromatic nitrogens is 3. The van der Waals surface area contributed by atoms with Crippen LogP contribution < -0.4 is 0 Å². The van der Waals surface area contributed by atoms with E-state index in [0.29, 0.717) is 11.1 Å². The molecule has 0 N–H and O–H groups in total. The van der Waals surface area contributed by atoms with Gasteiger partial charge in [0.2, 0.25) is 0 Å². The van der Waals surface area contributed by atoms with Crippen molar-refractivity contribution >= 4 is 32.3 Å². The number of benzene rings is 8. The van der Waals surface area contributed by atoms with Crippen LogP contribution in [0.3, 0.4) is 0 Å². The van der Waals surface area contributed by atoms with Gasteiger partial charge >= 0.3 is 0 Å². The fourth-order valence-corrected chi connectivity index (χ4v) is 5.81. The first-order valence-corrected chi connectivity index (χ1v) is 15.2. The molecule has 0 saturated heterocycles. The Morgan fingerprint density at radius 1 is 0.333 bits per heavy atom. The predicted octanol–water partition coefficient (Wildman–Crippen LogP) is 11.7. The van der Waals surface area contributed by atoms with Gasteiger partial charge in [0.05, 0.1) is 17.8 Å². The smallest absolute Gasteiger partial charge is 0.164 e. The maximum atomic E-state index is 9.50. The summed E-state index contributed by atoms with van der Waals surface area (Å²) >= 11 is 0. The fraction of sp³-hybridized carbons (Fsp3) is 0. The average Bonchev–Trinajstić information content (AvgIpc) is 3.28. The van der Waals surface area contributed by atoms with E-state index in [1.165, 1.54) is 0 Å². The van der Waals surface area contributed by atoms with Crippen LogP contribution in [0.5, 0.6) is 0 Å². The van der Waals surface area contributed by atoms with Crippen LogP contribution in [-0.4, -0.2) is 15.0 Å². The highest BCUT2D eigenvalue weighted by molar-refractivity contribution is 6.04. The van der Waals surface area contributed by atoms with Crippen molar-refractivity contribution in [3.05, 3.63) is 176 Å². The Balaban J connectivity index is 1.33. The van der Waals surface area contributed by atoms with Gasteiger partial charge in [-0.1, -0.05) is 164 Å². The van der Waals surface area contributed by atoms with Gasteiger partial charge in [0.1, 0.15) is 0 Å². The first-order chi connectivity index (χ1) is 29.2. The van der Waals surface area contributed by atoms with Gasteiger partial charge in [0.15, 0.2) is 17.5 Å². The standard InChI is InChI=1S/C45H29N3/c1-3-12-30(13-4-1)38-20-10-22-41-40(38)21-11-23-42(41)45-47-43(32-15-5-2-6-16-32)46-44(48-45)36-27-25-33-28-35(26-24-34(33)29-36)39-19-9-17-31-14-7-8-18-37(31)39/h1-29H/i7D,8D,9D,14D,17D,18D,19D,24D,25D,26D,27D,28D,29D. The van der Waals surface area contributed by atoms with Crippen LogP contribution in [0.2, 0.25) is 0 Å². The Morgan fingerprint density at radius 3 is 1.69 bits per heavy atom. The molecule has 0 aliphatic rings. The van der Waals surface area contributed by atoms with Crippen LogP contribution in [0.4, 0.5) is 0 Å². The zero-order valence-corrected chi connectivity index (χ0v) is 25.1. The number of hydrogen-bond acceptors (Lipinski definition) is 3. The molecule has 9 aromatic rings. The normalized spacial score (nSPS) is 15.1. The topological polar surface area (TPSA) is 38.7 Å². The lowest BCUT2D eigenvalue weighted by Gasteiger charge is -2.13. The zero-order valence-electron chi connectivity index (χ0n) is 38.1. The van der Waals surface area contributed by atoms with E-state index in [-0.39, 0.29) is 28.4 Å². The minimum absolute atomic E-state index is 0.160. The second-order valence-corrected chi connectivity index (χ2v) is 11.0. The lowest BCUT2D eigenvalue weighted by molar-refractivity contribution is 1.08. The molecule has 0 atom stereocenters. The second kappa shape index (κ2) is 11.7. The Bertz CT molecular complexity index is 3340. The van der Waals surface area contributed by atoms with Crippen molar-refractivity contribution < 1.29 is 17.8 Å². The van der Waals surface area contributed by atoms with Crippen LogP contribution in [0, 0.1) is 0 Å². The molecule has 0 aliphatic heterocycles. The molecule has 48 heavy (non-hydrogen) atoms. The number of hydrogen-bond donors (Lipinski definition) is 0. The summed E-state index contributed by atoms with van der Waals surface area (Å²) < 4.78 is 116. The third-order valence-corrected chi connectivity index (χ3v) is 8.08. The first kappa shape index (κ1) is 17.5. The van der Waals surface area contributed by atoms with E-state index in [2.05, 4.69) is 0 Å². The van der Waals surface area contributed by atoms with Crippen molar-refractivity contribution in [2.75, 3.05) is 0 Å². The van der Waals surface area contributed by atoms with Crippen LogP contribution in [-0.2, 0) is 0 Å². The molecule has 0 aliphatic carbocycles. The van der Waals surface area contributed by atoms with Gasteiger partial charge in [-0.05, 0) is 66.7 Å². The Hall–Kier alpha value is -6.45. The molecular weight excluding hydrogens is 583 g/mol. The molecule has 9 rings (SSSR count). The SMILES string of the molecule is [2H]c1c(-c2c([2H])c([2H])c([2H])c3c([2H])c([2H])c([2H])c([2H])c23)c([2H])c2c([2H])c([2H])c(-c3nc(-c4ccccc4)nc(-c4cccc5c(-c6ccccc6)cccc45)n3)c([2H])c2c1[2H]. The third-order valence-electron chi connectivity index (χ3n) is 8.08. The summed E-state index contributed by atoms with van der Waals surface area (Å²) in [7, 11) is 0. The van der Waals surface area contributed by atoms with E-state index in [0.717, 1.165) is 21.9 Å². The van der Waals surface area contributed by atoms with E-state index >= 15 is 0 Å². The minimum atomic E-state index is -0.732. The minimum Gasteiger partial charge on any atom is -0.208 e. The van der Waals surface area contributed by atoms with Gasteiger partial charge in [-0.2, -0.15) is 0 Å². The van der Waals surface area contributed by atoms with Gasteiger partial charge in [0.25, 0.3) is 0 Å². The average molecular weight is 625 g/mol. The largest absolute Gasteiger partial charge is 0.208 e. The number of fused-ring (bicyclic) bond motifs is 3. The molecular formula is C45H29N3. The summed E-state index contributed by atoms with van der Waals surface area (Å²) in [6.07, 6.45) is 0. The summed E-state index contributed by atoms with van der Waals surface area (Å²) in [4.78, 5) is 14.4. The van der Waals surface area contributed by atoms with Crippen molar-refractivity contribution in [2.45, 2.75) is 0 Å². The van der Waals surface area contributed by atoms with Crippen LogP contribution in [0.1, 0.15) is 17.8 Å². The predicted molar refractivity (Wildman–Crippen MR) is 200 cm³/mol. The quantitative estimate of drug-likeness (QED) is 0.191. The third kappa shape index (κ3) is 4.99. The molecule has 0 radical (unpaired) electrons. The molecule has 3 heteroatoms. The second-order valence-electron chi connectivity index (χ2n) is 11.0. The van der Waals surface area contributed by atoms with E-state index in [9.17, 15) is 8.22 Å². The highest BCUT2D eigenvalue weighted by atomic mass is 15.0. The highest BCUT2D eigenvalue weighted by Crippen LogP contribution is 2.36. The monoisotopic (exact) mass is 624 g/mol. The molecule has 0 unspecified atom stereocenters. The van der Waals surface area contributed by atoms with E-state index in [4.69, 9.17) is 24.5 Å². The molecule has 0 spiro atoms. The number of nitrogens with zero attached hydrogens (tertiary/aromatic N) is 3. The van der Waals surface area contributed by atoms with Crippen LogP contribution in [0.15, 0.2) is 176 Å². The van der Waals surface area contributed by atoms with Gasteiger partial charge in [-0.25, -0.2) is 15.0 Å². The Labute approximate surface area is 297 Å². The van der Waals surface area contributed by atoms with E-state index < -0.39 is 106 Å². The lowest BCUT2D eigenvalue weighted by Crippen LogP contribution is -2.00. The lowest BCUT2D eigenvalue weighted by atomic mass is 9.95. The molecule has 1 heterocycles. The van der Waals surface area contributed by atoms with Crippen molar-refractivity contribution in [3.8, 4) is 56.4 Å². The fourth-order valence-electron chi connectivity index (χ4n) is 5.81. The van der Waals surface area contributed by atoms with Gasteiger partial charge in [-0.15, -0.1) is 0 Å². The molecule has 0 bridgehead atoms. The summed E-state index contributed by atoms with van der Waals surface area (Å²) in [5.74, 6) is 0.249. The van der Waals surface area contributed by atoms with Gasteiger partial charge in [0, 0.05) is 16.7 Å². The summed E-state index contributed by atoms with van der Waals surface area (Å²) in [5.41, 5.74) is 1.98. The van der Waals surface area contributed by atoms with Crippen LogP contribution in [0.25, 0.3) is 88.7 Å². The summed E-state index contributed by atoms with van der Waals surface area (Å²) in [6.45, 7) is 0. The summed E-state index contributed by atoms with van der Waals surface area (Å²) in [6, 6.07) is 22.0.